The summed E-state index contributed by atoms with van der Waals surface area (Å²) in [6.45, 7) is 7.71. The summed E-state index contributed by atoms with van der Waals surface area (Å²) in [5, 5.41) is 2.84. The van der Waals surface area contributed by atoms with Crippen molar-refractivity contribution in [2.24, 2.45) is 0 Å². The van der Waals surface area contributed by atoms with Crippen LogP contribution in [0.1, 0.15) is 33.3 Å². The van der Waals surface area contributed by atoms with Crippen LogP contribution in [0.15, 0.2) is 24.3 Å². The van der Waals surface area contributed by atoms with Crippen LogP contribution in [0.4, 0.5) is 0 Å². The van der Waals surface area contributed by atoms with E-state index in [0.29, 0.717) is 0 Å². The molecule has 0 bridgehead atoms. The number of rotatable bonds is 5. The molecule has 0 radical (unpaired) electrons. The van der Waals surface area contributed by atoms with Gasteiger partial charge in [-0.1, -0.05) is 25.1 Å². The lowest BCUT2D eigenvalue weighted by Gasteiger charge is -2.18. The number of para-hydroxylation sites is 1. The van der Waals surface area contributed by atoms with Crippen molar-refractivity contribution in [3.05, 3.63) is 29.8 Å². The Morgan fingerprint density at radius 1 is 1.29 bits per heavy atom. The minimum absolute atomic E-state index is 0.0779. The molecular weight excluding hydrogens is 214 g/mol. The van der Waals surface area contributed by atoms with Gasteiger partial charge in [-0.3, -0.25) is 4.79 Å². The van der Waals surface area contributed by atoms with Crippen LogP contribution in [0.3, 0.4) is 0 Å². The molecule has 1 aromatic rings. The molecule has 0 saturated heterocycles. The molecule has 0 aliphatic carbocycles. The number of hydrogen-bond donors (Lipinski definition) is 1. The van der Waals surface area contributed by atoms with E-state index in [1.165, 1.54) is 0 Å². The predicted molar refractivity (Wildman–Crippen MR) is 69.2 cm³/mol. The fourth-order valence-corrected chi connectivity index (χ4v) is 1.56. The van der Waals surface area contributed by atoms with E-state index in [0.717, 1.165) is 17.7 Å². The van der Waals surface area contributed by atoms with E-state index in [9.17, 15) is 4.79 Å². The number of hydrogen-bond acceptors (Lipinski definition) is 2. The average Bonchev–Trinajstić information content (AvgIpc) is 2.28. The molecule has 0 aliphatic heterocycles. The molecule has 1 atom stereocenters. The van der Waals surface area contributed by atoms with E-state index in [1.54, 1.807) is 6.92 Å². The third kappa shape index (κ3) is 4.10. The first kappa shape index (κ1) is 13.6. The SMILES string of the molecule is CCc1ccccc1O[C@H](C)C(=O)NC(C)C. The maximum atomic E-state index is 11.7. The normalized spacial score (nSPS) is 12.3. The summed E-state index contributed by atoms with van der Waals surface area (Å²) in [6.07, 6.45) is 0.430. The molecule has 0 unspecified atom stereocenters. The molecule has 0 fully saturated rings. The van der Waals surface area contributed by atoms with Crippen LogP contribution in [-0.4, -0.2) is 18.1 Å². The van der Waals surface area contributed by atoms with E-state index in [1.807, 2.05) is 38.1 Å². The van der Waals surface area contributed by atoms with Crippen molar-refractivity contribution in [2.45, 2.75) is 46.3 Å². The number of ether oxygens (including phenoxy) is 1. The molecule has 0 spiro atoms. The quantitative estimate of drug-likeness (QED) is 0.851. The van der Waals surface area contributed by atoms with Gasteiger partial charge in [-0.25, -0.2) is 0 Å². The summed E-state index contributed by atoms with van der Waals surface area (Å²) in [7, 11) is 0. The number of amides is 1. The molecule has 0 aliphatic rings. The van der Waals surface area contributed by atoms with Gasteiger partial charge in [0.2, 0.25) is 0 Å². The second kappa shape index (κ2) is 6.28. The highest BCUT2D eigenvalue weighted by Crippen LogP contribution is 2.19. The minimum Gasteiger partial charge on any atom is -0.481 e. The molecular formula is C14H21NO2. The fourth-order valence-electron chi connectivity index (χ4n) is 1.56. The molecule has 0 saturated carbocycles. The Labute approximate surface area is 103 Å². The Morgan fingerprint density at radius 2 is 1.94 bits per heavy atom. The Balaban J connectivity index is 2.67. The lowest BCUT2D eigenvalue weighted by atomic mass is 10.1. The molecule has 3 nitrogen and oxygen atoms in total. The second-order valence-electron chi connectivity index (χ2n) is 4.38. The first-order valence-electron chi connectivity index (χ1n) is 6.09. The molecule has 0 heterocycles. The Bertz CT molecular complexity index is 374. The predicted octanol–water partition coefficient (Wildman–Crippen LogP) is 2.54. The third-order valence-electron chi connectivity index (χ3n) is 2.46. The van der Waals surface area contributed by atoms with Gasteiger partial charge >= 0.3 is 0 Å². The van der Waals surface area contributed by atoms with Gasteiger partial charge in [-0.15, -0.1) is 0 Å². The van der Waals surface area contributed by atoms with Crippen LogP contribution in [0.5, 0.6) is 5.75 Å². The highest BCUT2D eigenvalue weighted by atomic mass is 16.5. The molecule has 1 aromatic carbocycles. The number of aryl methyl sites for hydroxylation is 1. The molecule has 3 heteroatoms. The zero-order valence-corrected chi connectivity index (χ0v) is 11.0. The fraction of sp³-hybridized carbons (Fsp3) is 0.500. The lowest BCUT2D eigenvalue weighted by Crippen LogP contribution is -2.40. The van der Waals surface area contributed by atoms with Crippen molar-refractivity contribution in [3.8, 4) is 5.75 Å². The van der Waals surface area contributed by atoms with Crippen molar-refractivity contribution in [1.29, 1.82) is 0 Å². The van der Waals surface area contributed by atoms with Crippen molar-refractivity contribution < 1.29 is 9.53 Å². The van der Waals surface area contributed by atoms with Gasteiger partial charge in [0.25, 0.3) is 5.91 Å². The Morgan fingerprint density at radius 3 is 2.53 bits per heavy atom. The summed E-state index contributed by atoms with van der Waals surface area (Å²) in [4.78, 5) is 11.7. The largest absolute Gasteiger partial charge is 0.481 e. The summed E-state index contributed by atoms with van der Waals surface area (Å²) >= 11 is 0. The summed E-state index contributed by atoms with van der Waals surface area (Å²) < 4.78 is 5.69. The maximum absolute atomic E-state index is 11.7. The van der Waals surface area contributed by atoms with E-state index in [2.05, 4.69) is 12.2 Å². The molecule has 17 heavy (non-hydrogen) atoms. The van der Waals surface area contributed by atoms with E-state index < -0.39 is 6.10 Å². The number of carbonyl (C=O) groups excluding carboxylic acids is 1. The van der Waals surface area contributed by atoms with Crippen LogP contribution in [0.2, 0.25) is 0 Å². The van der Waals surface area contributed by atoms with Gasteiger partial charge in [-0.2, -0.15) is 0 Å². The Hall–Kier alpha value is -1.51. The standard InChI is InChI=1S/C14H21NO2/c1-5-12-8-6-7-9-13(12)17-11(4)14(16)15-10(2)3/h6-11H,5H2,1-4H3,(H,15,16)/t11-/m1/s1. The first-order valence-corrected chi connectivity index (χ1v) is 6.09. The highest BCUT2D eigenvalue weighted by molar-refractivity contribution is 5.80. The van der Waals surface area contributed by atoms with Crippen molar-refractivity contribution >= 4 is 5.91 Å². The molecule has 94 valence electrons. The summed E-state index contributed by atoms with van der Waals surface area (Å²) in [5.41, 5.74) is 1.12. The van der Waals surface area contributed by atoms with Crippen LogP contribution in [0.25, 0.3) is 0 Å². The van der Waals surface area contributed by atoms with Gasteiger partial charge in [0.1, 0.15) is 5.75 Å². The van der Waals surface area contributed by atoms with E-state index >= 15 is 0 Å². The number of nitrogens with one attached hydrogen (secondary N) is 1. The smallest absolute Gasteiger partial charge is 0.260 e. The van der Waals surface area contributed by atoms with Crippen molar-refractivity contribution in [1.82, 2.24) is 5.32 Å². The van der Waals surface area contributed by atoms with Gasteiger partial charge in [0, 0.05) is 6.04 Å². The molecule has 1 amide bonds. The molecule has 1 rings (SSSR count). The van der Waals surface area contributed by atoms with Gasteiger partial charge in [0.15, 0.2) is 6.10 Å². The Kier molecular flexibility index (Phi) is 5.01. The maximum Gasteiger partial charge on any atom is 0.260 e. The van der Waals surface area contributed by atoms with E-state index in [-0.39, 0.29) is 11.9 Å². The monoisotopic (exact) mass is 235 g/mol. The summed E-state index contributed by atoms with van der Waals surface area (Å²) in [5.74, 6) is 0.715. The topological polar surface area (TPSA) is 38.3 Å². The molecule has 0 aromatic heterocycles. The van der Waals surface area contributed by atoms with Gasteiger partial charge in [0.05, 0.1) is 0 Å². The van der Waals surface area contributed by atoms with Crippen LogP contribution >= 0.6 is 0 Å². The zero-order chi connectivity index (χ0) is 12.8. The van der Waals surface area contributed by atoms with Gasteiger partial charge in [-0.05, 0) is 38.8 Å². The number of carbonyl (C=O) groups is 1. The highest BCUT2D eigenvalue weighted by Gasteiger charge is 2.16. The van der Waals surface area contributed by atoms with Crippen LogP contribution in [-0.2, 0) is 11.2 Å². The van der Waals surface area contributed by atoms with Crippen molar-refractivity contribution in [3.63, 3.8) is 0 Å². The third-order valence-corrected chi connectivity index (χ3v) is 2.46. The second-order valence-corrected chi connectivity index (χ2v) is 4.38. The van der Waals surface area contributed by atoms with Gasteiger partial charge < -0.3 is 10.1 Å². The van der Waals surface area contributed by atoms with Crippen molar-refractivity contribution in [2.75, 3.05) is 0 Å². The minimum atomic E-state index is -0.468. The summed E-state index contributed by atoms with van der Waals surface area (Å²) in [6, 6.07) is 7.95. The van der Waals surface area contributed by atoms with Crippen LogP contribution < -0.4 is 10.1 Å². The number of benzene rings is 1. The molecule has 1 N–H and O–H groups in total. The van der Waals surface area contributed by atoms with Crippen LogP contribution in [0, 0.1) is 0 Å². The average molecular weight is 235 g/mol. The first-order chi connectivity index (χ1) is 8.04. The zero-order valence-electron chi connectivity index (χ0n) is 11.0. The van der Waals surface area contributed by atoms with E-state index in [4.69, 9.17) is 4.74 Å². The lowest BCUT2D eigenvalue weighted by molar-refractivity contribution is -0.127.